The molecule has 0 aromatic carbocycles. The van der Waals surface area contributed by atoms with Gasteiger partial charge in [-0.2, -0.15) is 0 Å². The van der Waals surface area contributed by atoms with E-state index in [0.717, 1.165) is 0 Å². The molecule has 4 N–H and O–H groups in total. The van der Waals surface area contributed by atoms with Gasteiger partial charge in [0, 0.05) is 44.8 Å². The Morgan fingerprint density at radius 2 is 0.333 bits per heavy atom. The van der Waals surface area contributed by atoms with Crippen molar-refractivity contribution < 1.29 is 106 Å². The zero-order valence-corrected chi connectivity index (χ0v) is 8.53. The normalized spacial score (nSPS) is 0. The summed E-state index contributed by atoms with van der Waals surface area (Å²) >= 11 is 0. The Labute approximate surface area is 163 Å². The van der Waals surface area contributed by atoms with Gasteiger partial charge < -0.3 is 16.4 Å². The molecule has 0 rings (SSSR count). The van der Waals surface area contributed by atoms with Gasteiger partial charge in [0.15, 0.2) is 0 Å². The van der Waals surface area contributed by atoms with Crippen molar-refractivity contribution in [3.8, 4) is 0 Å². The summed E-state index contributed by atoms with van der Waals surface area (Å²) in [5, 5.41) is 0. The van der Waals surface area contributed by atoms with Crippen LogP contribution in [0.5, 0.6) is 0 Å². The maximum absolute atomic E-state index is 0. The smallest absolute Gasteiger partial charge is 0.870 e. The zero-order valence-electron chi connectivity index (χ0n) is 2.60. The minimum absolute atomic E-state index is 0. The van der Waals surface area contributed by atoms with Crippen LogP contribution in [0.4, 0.5) is 0 Å². The van der Waals surface area contributed by atoms with E-state index in [1.165, 1.54) is 0 Å². The van der Waals surface area contributed by atoms with Crippen molar-refractivity contribution in [2.45, 2.75) is 59.4 Å². The Morgan fingerprint density at radius 3 is 0.333 bits per heavy atom. The minimum Gasteiger partial charge on any atom is -0.870 e. The summed E-state index contributed by atoms with van der Waals surface area (Å²) in [7, 11) is 0. The van der Waals surface area contributed by atoms with Crippen LogP contribution in [0.15, 0.2) is 0 Å². The molecule has 0 aromatic heterocycles. The zero-order chi connectivity index (χ0) is 0. The van der Waals surface area contributed by atoms with E-state index in [-0.39, 0.29) is 165 Å². The summed E-state index contributed by atoms with van der Waals surface area (Å²) in [6.07, 6.45) is 0. The van der Waals surface area contributed by atoms with Crippen LogP contribution in [0.3, 0.4) is 0 Å². The Hall–Kier alpha value is 2.84. The van der Waals surface area contributed by atoms with E-state index >= 15 is 0 Å². The molecule has 0 atom stereocenters. The third kappa shape index (κ3) is 460. The predicted molar refractivity (Wildman–Crippen MR) is 61.3 cm³/mol. The average molecular weight is 612 g/mol. The first-order valence-electron chi connectivity index (χ1n) is 0. The molecule has 0 aliphatic rings. The van der Waals surface area contributed by atoms with Crippen LogP contribution in [0.2, 0.25) is 0 Å². The molecule has 0 aliphatic heterocycles. The molecule has 130 valence electrons. The van der Waals surface area contributed by atoms with Crippen LogP contribution >= 0.6 is 0 Å². The molecule has 0 amide bonds. The van der Waals surface area contributed by atoms with Gasteiger partial charge in [0.25, 0.3) is 0 Å². The molecule has 0 bridgehead atoms. The first-order valence-corrected chi connectivity index (χ1v) is 0. The van der Waals surface area contributed by atoms with Gasteiger partial charge in [-0.15, -0.1) is 0 Å². The van der Waals surface area contributed by atoms with Gasteiger partial charge >= 0.3 is 44.8 Å². The molecule has 0 saturated heterocycles. The molecule has 3 nitrogen and oxygen atoms in total. The standard InChI is InChI=1S/8CH4.4Ag.3H2O/h8*1H4;;;;;3*1H2/q;;;;;;;;;;2*+1;;;/p-2. The molecule has 0 aromatic rings. The Kier molecular flexibility index (Phi) is 21900. The fourth-order valence-electron chi connectivity index (χ4n) is 0. The molecule has 0 heterocycles. The van der Waals surface area contributed by atoms with Gasteiger partial charge in [-0.3, -0.25) is 0 Å². The Bertz CT molecular complexity index is 21.8. The molecule has 15 heavy (non-hydrogen) atoms. The predicted octanol–water partition coefficient (Wildman–Crippen LogP) is 3.90. The summed E-state index contributed by atoms with van der Waals surface area (Å²) in [4.78, 5) is 0. The van der Waals surface area contributed by atoms with E-state index in [1.807, 2.05) is 0 Å². The summed E-state index contributed by atoms with van der Waals surface area (Å²) in [6.45, 7) is 0. The third-order valence-corrected chi connectivity index (χ3v) is 0. The Balaban J connectivity index is 0. The third-order valence-electron chi connectivity index (χ3n) is 0. The second-order valence-corrected chi connectivity index (χ2v) is 0. The number of rotatable bonds is 0. The largest absolute Gasteiger partial charge is 1.00 e. The quantitative estimate of drug-likeness (QED) is 0.389. The van der Waals surface area contributed by atoms with E-state index in [2.05, 4.69) is 0 Å². The topological polar surface area (TPSA) is 91.5 Å². The number of hydrogen-bond donors (Lipinski definition) is 0. The van der Waals surface area contributed by atoms with E-state index in [0.29, 0.717) is 0 Å². The van der Waals surface area contributed by atoms with Crippen LogP contribution < -0.4 is 0 Å². The van der Waals surface area contributed by atoms with E-state index in [1.54, 1.807) is 0 Å². The van der Waals surface area contributed by atoms with Gasteiger partial charge in [0.2, 0.25) is 0 Å². The maximum atomic E-state index is 0. The Morgan fingerprint density at radius 1 is 0.333 bits per heavy atom. The molecule has 0 unspecified atom stereocenters. The van der Waals surface area contributed by atoms with Gasteiger partial charge in [-0.25, -0.2) is 0 Å². The average Bonchev–Trinajstić information content (AvgIpc) is 0. The van der Waals surface area contributed by atoms with Crippen molar-refractivity contribution in [2.24, 2.45) is 0 Å². The van der Waals surface area contributed by atoms with Crippen LogP contribution in [0.25, 0.3) is 0 Å². The van der Waals surface area contributed by atoms with Crippen molar-refractivity contribution in [3.05, 3.63) is 0 Å². The first-order chi connectivity index (χ1) is 0. The molecule has 7 heteroatoms. The van der Waals surface area contributed by atoms with Gasteiger partial charge in [0.1, 0.15) is 0 Å². The second-order valence-electron chi connectivity index (χ2n) is 0. The number of hydrogen-bond acceptors (Lipinski definition) is 2. The minimum atomic E-state index is 0. The van der Waals surface area contributed by atoms with Crippen LogP contribution in [0.1, 0.15) is 59.4 Å². The summed E-state index contributed by atoms with van der Waals surface area (Å²) < 4.78 is 0. The van der Waals surface area contributed by atoms with Crippen molar-refractivity contribution in [1.29, 1.82) is 0 Å². The summed E-state index contributed by atoms with van der Waals surface area (Å²) in [6, 6.07) is 0. The fourth-order valence-corrected chi connectivity index (χ4v) is 0. The van der Waals surface area contributed by atoms with E-state index < -0.39 is 0 Å². The fraction of sp³-hybridized carbons (Fsp3) is 1.00. The molecule has 2 radical (unpaired) electrons. The molecule has 0 aliphatic carbocycles. The molecule has 0 saturated carbocycles. The van der Waals surface area contributed by atoms with Crippen molar-refractivity contribution >= 4 is 0 Å². The van der Waals surface area contributed by atoms with Gasteiger partial charge in [-0.05, 0) is 0 Å². The van der Waals surface area contributed by atoms with Gasteiger partial charge in [0.05, 0.1) is 0 Å². The van der Waals surface area contributed by atoms with Crippen LogP contribution in [0, 0.1) is 0 Å². The van der Waals surface area contributed by atoms with Crippen molar-refractivity contribution in [2.75, 3.05) is 0 Å². The molecular weight excluding hydrogens is 576 g/mol. The summed E-state index contributed by atoms with van der Waals surface area (Å²) in [5.74, 6) is 0. The van der Waals surface area contributed by atoms with Gasteiger partial charge in [-0.1, -0.05) is 59.4 Å². The second kappa shape index (κ2) is 524. The molecular formula is C8H36Ag4O3. The van der Waals surface area contributed by atoms with E-state index in [9.17, 15) is 0 Å². The van der Waals surface area contributed by atoms with Crippen molar-refractivity contribution in [1.82, 2.24) is 0 Å². The van der Waals surface area contributed by atoms with Crippen molar-refractivity contribution in [3.63, 3.8) is 0 Å². The first kappa shape index (κ1) is 627. The summed E-state index contributed by atoms with van der Waals surface area (Å²) in [5.41, 5.74) is 0. The monoisotopic (exact) mass is 608 g/mol. The maximum Gasteiger partial charge on any atom is 1.00 e. The van der Waals surface area contributed by atoms with Crippen LogP contribution in [-0.4, -0.2) is 16.4 Å². The molecule has 0 fully saturated rings. The van der Waals surface area contributed by atoms with Crippen LogP contribution in [-0.2, 0) is 89.5 Å². The van der Waals surface area contributed by atoms with E-state index in [4.69, 9.17) is 0 Å². The SMILES string of the molecule is C.C.C.C.C.C.C.C.O.[Ag+].[Ag+].[Ag].[Ag].[OH-].[OH-]. The molecule has 0 spiro atoms.